The van der Waals surface area contributed by atoms with Gasteiger partial charge >= 0.3 is 59.1 Å². The number of nitrogens with zero attached hydrogens (tertiary/aromatic N) is 1. The Kier molecular flexibility index (Phi) is 24.1. The first-order chi connectivity index (χ1) is 10.9. The van der Waals surface area contributed by atoms with Crippen molar-refractivity contribution < 1.29 is 78.9 Å². The van der Waals surface area contributed by atoms with Gasteiger partial charge in [-0.2, -0.15) is 0 Å². The van der Waals surface area contributed by atoms with E-state index >= 15 is 0 Å². The molecule has 2 unspecified atom stereocenters. The number of carboxylic acids is 2. The van der Waals surface area contributed by atoms with Gasteiger partial charge in [0.1, 0.15) is 0 Å². The number of carbonyl (C=O) groups excluding carboxylic acids is 2. The van der Waals surface area contributed by atoms with Gasteiger partial charge in [-0.3, -0.25) is 4.90 Å². The van der Waals surface area contributed by atoms with Crippen LogP contribution in [0, 0.1) is 0 Å². The molecule has 0 aliphatic heterocycles. The summed E-state index contributed by atoms with van der Waals surface area (Å²) in [6.45, 7) is 5.59. The predicted octanol–water partition coefficient (Wildman–Crippen LogP) is -4.51. The number of hydrogen-bond donors (Lipinski definition) is 0. The third-order valence-corrected chi connectivity index (χ3v) is 4.45. The molecule has 0 N–H and O–H groups in total. The zero-order chi connectivity index (χ0) is 17.7. The van der Waals surface area contributed by atoms with Crippen LogP contribution in [0.2, 0.25) is 0 Å². The van der Waals surface area contributed by atoms with E-state index in [0.717, 1.165) is 19.3 Å². The van der Waals surface area contributed by atoms with Gasteiger partial charge in [-0.15, -0.1) is 0 Å². The summed E-state index contributed by atoms with van der Waals surface area (Å²) in [6.07, 6.45) is 11.9. The fraction of sp³-hybridized carbons (Fsp3) is 0.889. The Balaban J connectivity index is -0.00000242. The van der Waals surface area contributed by atoms with Crippen LogP contribution in [0.15, 0.2) is 0 Å². The van der Waals surface area contributed by atoms with E-state index in [9.17, 15) is 19.8 Å². The molecule has 0 aromatic heterocycles. The van der Waals surface area contributed by atoms with Gasteiger partial charge in [-0.25, -0.2) is 0 Å². The molecule has 0 radical (unpaired) electrons. The van der Waals surface area contributed by atoms with Crippen molar-refractivity contribution in [1.29, 1.82) is 0 Å². The van der Waals surface area contributed by atoms with Crippen LogP contribution < -0.4 is 69.3 Å². The first kappa shape index (κ1) is 30.6. The monoisotopic (exact) mass is 373 g/mol. The molecule has 0 aliphatic rings. The van der Waals surface area contributed by atoms with Gasteiger partial charge in [0.2, 0.25) is 0 Å². The van der Waals surface area contributed by atoms with Crippen LogP contribution in [0.5, 0.6) is 0 Å². The van der Waals surface area contributed by atoms with E-state index in [0.29, 0.717) is 6.54 Å². The molecule has 0 heterocycles. The fourth-order valence-electron chi connectivity index (χ4n) is 2.78. The molecule has 0 aromatic rings. The van der Waals surface area contributed by atoms with Crippen LogP contribution in [-0.4, -0.2) is 35.5 Å². The molecule has 136 valence electrons. The number of unbranched alkanes of at least 4 members (excludes halogenated alkanes) is 9. The van der Waals surface area contributed by atoms with Gasteiger partial charge in [0, 0.05) is 12.1 Å². The minimum Gasteiger partial charge on any atom is -0.548 e. The molecule has 0 spiro atoms. The fourth-order valence-corrected chi connectivity index (χ4v) is 2.78. The Morgan fingerprint density at radius 2 is 1.04 bits per heavy atom. The smallest absolute Gasteiger partial charge is 0.548 e. The molecule has 7 heteroatoms. The van der Waals surface area contributed by atoms with Crippen LogP contribution in [0.4, 0.5) is 0 Å². The second-order valence-corrected chi connectivity index (χ2v) is 6.41. The second kappa shape index (κ2) is 19.7. The average Bonchev–Trinajstić information content (AvgIpc) is 2.51. The van der Waals surface area contributed by atoms with Crippen LogP contribution >= 0.6 is 0 Å². The van der Waals surface area contributed by atoms with Gasteiger partial charge in [-0.05, 0) is 26.8 Å². The second-order valence-electron chi connectivity index (χ2n) is 6.41. The third-order valence-electron chi connectivity index (χ3n) is 4.45. The van der Waals surface area contributed by atoms with Gasteiger partial charge in [0.25, 0.3) is 0 Å². The first-order valence-corrected chi connectivity index (χ1v) is 9.09. The van der Waals surface area contributed by atoms with Gasteiger partial charge in [0.15, 0.2) is 0 Å². The van der Waals surface area contributed by atoms with Gasteiger partial charge in [-0.1, -0.05) is 64.7 Å². The number of aliphatic carboxylic acids is 2. The minimum atomic E-state index is -1.25. The van der Waals surface area contributed by atoms with Crippen molar-refractivity contribution in [2.24, 2.45) is 0 Å². The summed E-state index contributed by atoms with van der Waals surface area (Å²) < 4.78 is 0. The Hall–Kier alpha value is 0.900. The molecule has 0 saturated heterocycles. The molecule has 0 aromatic carbocycles. The summed E-state index contributed by atoms with van der Waals surface area (Å²) in [4.78, 5) is 23.4. The molecule has 0 saturated carbocycles. The maximum atomic E-state index is 11.0. The van der Waals surface area contributed by atoms with Crippen LogP contribution in [0.25, 0.3) is 0 Å². The molecule has 5 nitrogen and oxygen atoms in total. The van der Waals surface area contributed by atoms with Crippen molar-refractivity contribution >= 4 is 11.9 Å². The zero-order valence-electron chi connectivity index (χ0n) is 17.0. The van der Waals surface area contributed by atoms with Crippen LogP contribution in [0.1, 0.15) is 85.0 Å². The number of hydrogen-bond acceptors (Lipinski definition) is 5. The number of carboxylic acid groups (broad SMARTS) is 2. The summed E-state index contributed by atoms with van der Waals surface area (Å²) in [7, 11) is 0. The molecule has 25 heavy (non-hydrogen) atoms. The standard InChI is InChI=1S/C18H35NO4.2Na/c1-4-5-6-7-8-9-10-11-12-13-14-19(15(2)17(20)21)16(3)18(22)23;;/h15-16H,4-14H2,1-3H3,(H,20,21)(H,22,23);;/q;2*+1/p-2. The summed E-state index contributed by atoms with van der Waals surface area (Å²) in [5.41, 5.74) is 0. The molecular weight excluding hydrogens is 340 g/mol. The Labute approximate surface area is 197 Å². The minimum absolute atomic E-state index is 0. The van der Waals surface area contributed by atoms with Crippen molar-refractivity contribution in [1.82, 2.24) is 4.90 Å². The summed E-state index contributed by atoms with van der Waals surface area (Å²) in [5.74, 6) is -2.49. The molecule has 2 atom stereocenters. The average molecular weight is 373 g/mol. The Morgan fingerprint density at radius 1 is 0.720 bits per heavy atom. The Morgan fingerprint density at radius 3 is 1.36 bits per heavy atom. The summed E-state index contributed by atoms with van der Waals surface area (Å²) >= 11 is 0. The van der Waals surface area contributed by atoms with E-state index in [1.165, 1.54) is 63.7 Å². The van der Waals surface area contributed by atoms with Crippen molar-refractivity contribution in [3.8, 4) is 0 Å². The molecule has 0 amide bonds. The van der Waals surface area contributed by atoms with Crippen molar-refractivity contribution in [2.75, 3.05) is 6.54 Å². The topological polar surface area (TPSA) is 83.5 Å². The van der Waals surface area contributed by atoms with Crippen molar-refractivity contribution in [2.45, 2.75) is 97.1 Å². The number of rotatable bonds is 15. The molecule has 0 bridgehead atoms. The van der Waals surface area contributed by atoms with Crippen molar-refractivity contribution in [3.63, 3.8) is 0 Å². The van der Waals surface area contributed by atoms with E-state index in [1.54, 1.807) is 0 Å². The predicted molar refractivity (Wildman–Crippen MR) is 87.5 cm³/mol. The summed E-state index contributed by atoms with van der Waals surface area (Å²) in [5, 5.41) is 22.0. The van der Waals surface area contributed by atoms with E-state index in [4.69, 9.17) is 0 Å². The number of carbonyl (C=O) groups is 2. The quantitative estimate of drug-likeness (QED) is 0.213. The maximum Gasteiger partial charge on any atom is 1.00 e. The zero-order valence-corrected chi connectivity index (χ0v) is 21.0. The normalized spacial score (nSPS) is 12.8. The van der Waals surface area contributed by atoms with E-state index < -0.39 is 24.0 Å². The van der Waals surface area contributed by atoms with Gasteiger partial charge < -0.3 is 19.8 Å². The largest absolute Gasteiger partial charge is 1.00 e. The molecule has 0 fully saturated rings. The van der Waals surface area contributed by atoms with Crippen molar-refractivity contribution in [3.05, 3.63) is 0 Å². The SMILES string of the molecule is CCCCCCCCCCCCN(C(C)C(=O)[O-])C(C)C(=O)[O-].[Na+].[Na+]. The third kappa shape index (κ3) is 15.6. The van der Waals surface area contributed by atoms with Crippen LogP contribution in [0.3, 0.4) is 0 Å². The molecule has 0 aliphatic carbocycles. The Bertz CT molecular complexity index is 323. The van der Waals surface area contributed by atoms with E-state index in [1.807, 2.05) is 0 Å². The molecular formula is C18H33NNa2O4. The van der Waals surface area contributed by atoms with Crippen LogP contribution in [-0.2, 0) is 9.59 Å². The maximum absolute atomic E-state index is 11.0. The summed E-state index contributed by atoms with van der Waals surface area (Å²) in [6, 6.07) is -1.83. The van der Waals surface area contributed by atoms with E-state index in [-0.39, 0.29) is 59.1 Å². The first-order valence-electron chi connectivity index (χ1n) is 9.09. The van der Waals surface area contributed by atoms with E-state index in [2.05, 4.69) is 6.92 Å². The molecule has 0 rings (SSSR count). The van der Waals surface area contributed by atoms with Gasteiger partial charge in [0.05, 0.1) is 11.9 Å².